The van der Waals surface area contributed by atoms with E-state index in [9.17, 15) is 9.90 Å². The minimum atomic E-state index is -0.617. The Morgan fingerprint density at radius 3 is 2.79 bits per heavy atom. The molecule has 1 amide bonds. The third-order valence-corrected chi connectivity index (χ3v) is 3.95. The lowest BCUT2D eigenvalue weighted by Gasteiger charge is -2.24. The van der Waals surface area contributed by atoms with E-state index in [-0.39, 0.29) is 5.69 Å². The fraction of sp³-hybridized carbons (Fsp3) is 0.375. The van der Waals surface area contributed by atoms with Crippen LogP contribution in [0.15, 0.2) is 30.7 Å². The van der Waals surface area contributed by atoms with Crippen molar-refractivity contribution in [2.24, 2.45) is 5.73 Å². The van der Waals surface area contributed by atoms with Crippen molar-refractivity contribution in [3.8, 4) is 0 Å². The first-order valence-corrected chi connectivity index (χ1v) is 7.75. The molecule has 0 spiro atoms. The average molecular weight is 328 g/mol. The number of anilines is 2. The molecule has 1 saturated heterocycles. The summed E-state index contributed by atoms with van der Waals surface area (Å²) in [4.78, 5) is 27.8. The van der Waals surface area contributed by atoms with Crippen LogP contribution in [0.3, 0.4) is 0 Å². The molecule has 0 unspecified atom stereocenters. The molecule has 1 atom stereocenters. The summed E-state index contributed by atoms with van der Waals surface area (Å²) in [6.45, 7) is 4.23. The van der Waals surface area contributed by atoms with Gasteiger partial charge in [0.2, 0.25) is 0 Å². The number of aryl methyl sites for hydroxylation is 1. The van der Waals surface area contributed by atoms with Gasteiger partial charge in [-0.2, -0.15) is 0 Å². The van der Waals surface area contributed by atoms with Crippen molar-refractivity contribution in [1.82, 2.24) is 15.0 Å². The molecule has 24 heavy (non-hydrogen) atoms. The molecule has 126 valence electrons. The number of pyridine rings is 1. The molecule has 0 bridgehead atoms. The normalized spacial score (nSPS) is 18.3. The quantitative estimate of drug-likeness (QED) is 0.814. The molecule has 2 aromatic rings. The number of nitrogens with two attached hydrogens (primary N) is 1. The lowest BCUT2D eigenvalue weighted by molar-refractivity contribution is 0.0995. The van der Waals surface area contributed by atoms with Crippen LogP contribution in [-0.2, 0) is 0 Å². The van der Waals surface area contributed by atoms with Gasteiger partial charge in [-0.1, -0.05) is 0 Å². The number of carbonyl (C=O) groups is 1. The van der Waals surface area contributed by atoms with Gasteiger partial charge in [0.25, 0.3) is 5.91 Å². The standard InChI is InChI=1S/C16H20N6O2/c1-11-6-12(2-3-19-11)21-4-5-22(10-13(23)9-21)15-8-18-7-14(20-15)16(17)24/h2-3,6-8,13,23H,4-5,9-10H2,1H3,(H2,17,24)/t13-/m0/s1. The third kappa shape index (κ3) is 3.60. The molecule has 1 fully saturated rings. The van der Waals surface area contributed by atoms with Crippen molar-refractivity contribution in [3.05, 3.63) is 42.1 Å². The summed E-state index contributed by atoms with van der Waals surface area (Å²) in [5.41, 5.74) is 7.34. The Morgan fingerprint density at radius 2 is 2.04 bits per heavy atom. The first-order chi connectivity index (χ1) is 11.5. The number of hydrogen-bond donors (Lipinski definition) is 2. The zero-order valence-electron chi connectivity index (χ0n) is 13.5. The van der Waals surface area contributed by atoms with E-state index >= 15 is 0 Å². The van der Waals surface area contributed by atoms with Gasteiger partial charge in [-0.25, -0.2) is 4.98 Å². The summed E-state index contributed by atoms with van der Waals surface area (Å²) in [5, 5.41) is 10.4. The zero-order valence-corrected chi connectivity index (χ0v) is 13.5. The first kappa shape index (κ1) is 16.1. The lowest BCUT2D eigenvalue weighted by atomic mass is 10.2. The summed E-state index contributed by atoms with van der Waals surface area (Å²) in [7, 11) is 0. The van der Waals surface area contributed by atoms with Gasteiger partial charge in [-0.3, -0.25) is 14.8 Å². The van der Waals surface area contributed by atoms with Crippen molar-refractivity contribution >= 4 is 17.4 Å². The Balaban J connectivity index is 1.79. The SMILES string of the molecule is Cc1cc(N2CCN(c3cncc(C(N)=O)n3)C[C@@H](O)C2)ccn1. The highest BCUT2D eigenvalue weighted by molar-refractivity contribution is 5.90. The highest BCUT2D eigenvalue weighted by atomic mass is 16.3. The van der Waals surface area contributed by atoms with E-state index in [4.69, 9.17) is 5.73 Å². The molecule has 8 heteroatoms. The fourth-order valence-electron chi connectivity index (χ4n) is 2.79. The van der Waals surface area contributed by atoms with Gasteiger partial charge in [-0.05, 0) is 19.1 Å². The maximum absolute atomic E-state index is 11.3. The highest BCUT2D eigenvalue weighted by Gasteiger charge is 2.23. The van der Waals surface area contributed by atoms with Gasteiger partial charge in [0.15, 0.2) is 0 Å². The number of carbonyl (C=O) groups excluding carboxylic acids is 1. The maximum Gasteiger partial charge on any atom is 0.268 e. The van der Waals surface area contributed by atoms with Crippen molar-refractivity contribution in [2.45, 2.75) is 13.0 Å². The number of primary amides is 1. The third-order valence-electron chi connectivity index (χ3n) is 3.95. The van der Waals surface area contributed by atoms with Gasteiger partial charge < -0.3 is 20.6 Å². The van der Waals surface area contributed by atoms with Crippen molar-refractivity contribution < 1.29 is 9.90 Å². The molecule has 2 aromatic heterocycles. The second-order valence-electron chi connectivity index (χ2n) is 5.83. The van der Waals surface area contributed by atoms with Crippen LogP contribution in [0.25, 0.3) is 0 Å². The number of aliphatic hydroxyl groups excluding tert-OH is 1. The maximum atomic E-state index is 11.3. The van der Waals surface area contributed by atoms with E-state index < -0.39 is 12.0 Å². The molecule has 1 aliphatic heterocycles. The van der Waals surface area contributed by atoms with E-state index in [1.54, 1.807) is 12.4 Å². The van der Waals surface area contributed by atoms with Crippen LogP contribution in [0.4, 0.5) is 11.5 Å². The largest absolute Gasteiger partial charge is 0.389 e. The molecule has 0 radical (unpaired) electrons. The minimum absolute atomic E-state index is 0.118. The topological polar surface area (TPSA) is 108 Å². The second-order valence-corrected chi connectivity index (χ2v) is 5.83. The minimum Gasteiger partial charge on any atom is -0.389 e. The smallest absolute Gasteiger partial charge is 0.268 e. The van der Waals surface area contributed by atoms with Crippen LogP contribution in [0.2, 0.25) is 0 Å². The first-order valence-electron chi connectivity index (χ1n) is 7.75. The highest BCUT2D eigenvalue weighted by Crippen LogP contribution is 2.19. The number of nitrogens with zero attached hydrogens (tertiary/aromatic N) is 5. The molecule has 3 rings (SSSR count). The van der Waals surface area contributed by atoms with Crippen LogP contribution in [-0.4, -0.2) is 58.2 Å². The van der Waals surface area contributed by atoms with Gasteiger partial charge in [0.05, 0.1) is 18.5 Å². The number of aliphatic hydroxyl groups is 1. The molecule has 8 nitrogen and oxygen atoms in total. The van der Waals surface area contributed by atoms with Crippen LogP contribution in [0, 0.1) is 6.92 Å². The molecular weight excluding hydrogens is 308 g/mol. The predicted molar refractivity (Wildman–Crippen MR) is 90.0 cm³/mol. The number of β-amino-alcohol motifs (C(OH)–C–C–N with tert-alkyl or cyclic N) is 1. The summed E-state index contributed by atoms with van der Waals surface area (Å²) in [6, 6.07) is 3.93. The number of amides is 1. The van der Waals surface area contributed by atoms with Crippen molar-refractivity contribution in [3.63, 3.8) is 0 Å². The summed E-state index contributed by atoms with van der Waals surface area (Å²) < 4.78 is 0. The van der Waals surface area contributed by atoms with Crippen molar-refractivity contribution in [2.75, 3.05) is 36.0 Å². The number of rotatable bonds is 3. The van der Waals surface area contributed by atoms with Gasteiger partial charge in [0.1, 0.15) is 11.5 Å². The van der Waals surface area contributed by atoms with Crippen molar-refractivity contribution in [1.29, 1.82) is 0 Å². The molecule has 3 N–H and O–H groups in total. The Kier molecular flexibility index (Phi) is 4.57. The van der Waals surface area contributed by atoms with E-state index in [0.29, 0.717) is 32.0 Å². The summed E-state index contributed by atoms with van der Waals surface area (Å²) in [6.07, 6.45) is 4.12. The van der Waals surface area contributed by atoms with Crippen LogP contribution < -0.4 is 15.5 Å². The average Bonchev–Trinajstić information content (AvgIpc) is 2.77. The van der Waals surface area contributed by atoms with E-state index in [1.165, 1.54) is 6.20 Å². The van der Waals surface area contributed by atoms with Gasteiger partial charge in [-0.15, -0.1) is 0 Å². The Labute approximate surface area is 140 Å². The zero-order chi connectivity index (χ0) is 17.1. The van der Waals surface area contributed by atoms with E-state index in [1.807, 2.05) is 24.0 Å². The predicted octanol–water partition coefficient (Wildman–Crippen LogP) is -0.0336. The molecule has 0 aliphatic carbocycles. The van der Waals surface area contributed by atoms with E-state index in [2.05, 4.69) is 19.9 Å². The second kappa shape index (κ2) is 6.79. The van der Waals surface area contributed by atoms with Gasteiger partial charge in [0, 0.05) is 43.8 Å². The summed E-state index contributed by atoms with van der Waals surface area (Å²) in [5.74, 6) is -0.0771. The lowest BCUT2D eigenvalue weighted by Crippen LogP contribution is -2.34. The molecular formula is C16H20N6O2. The molecule has 1 aliphatic rings. The Hall–Kier alpha value is -2.74. The number of aromatic nitrogens is 3. The summed E-state index contributed by atoms with van der Waals surface area (Å²) >= 11 is 0. The molecule has 0 aromatic carbocycles. The Bertz CT molecular complexity index is 738. The van der Waals surface area contributed by atoms with Crippen LogP contribution in [0.1, 0.15) is 16.2 Å². The molecule has 3 heterocycles. The number of hydrogen-bond acceptors (Lipinski definition) is 7. The van der Waals surface area contributed by atoms with Crippen LogP contribution >= 0.6 is 0 Å². The fourth-order valence-corrected chi connectivity index (χ4v) is 2.79. The van der Waals surface area contributed by atoms with Gasteiger partial charge >= 0.3 is 0 Å². The van der Waals surface area contributed by atoms with Crippen LogP contribution in [0.5, 0.6) is 0 Å². The monoisotopic (exact) mass is 328 g/mol. The Morgan fingerprint density at radius 1 is 1.29 bits per heavy atom. The van der Waals surface area contributed by atoms with E-state index in [0.717, 1.165) is 11.4 Å². The molecule has 0 saturated carbocycles.